The Morgan fingerprint density at radius 2 is 1.71 bits per heavy atom. The first-order valence-corrected chi connectivity index (χ1v) is 9.05. The lowest BCUT2D eigenvalue weighted by atomic mass is 10.1. The van der Waals surface area contributed by atoms with Crippen molar-refractivity contribution in [2.75, 3.05) is 7.11 Å². The molecule has 130 valence electrons. The molecule has 0 aliphatic carbocycles. The van der Waals surface area contributed by atoms with Crippen molar-refractivity contribution >= 4 is 10.0 Å². The Balaban J connectivity index is 2.34. The molecule has 2 aromatic rings. The summed E-state index contributed by atoms with van der Waals surface area (Å²) in [6.07, 6.45) is 0. The van der Waals surface area contributed by atoms with Crippen molar-refractivity contribution in [3.05, 3.63) is 57.9 Å². The standard InChI is InChI=1S/C18H22FNO3S/c1-11-6-7-15(9-16(11)19)10-20-24(21,22)18-12(2)8-17(23-5)13(3)14(18)4/h6-9,20H,10H2,1-5H3. The van der Waals surface area contributed by atoms with Crippen LogP contribution < -0.4 is 9.46 Å². The Morgan fingerprint density at radius 3 is 2.29 bits per heavy atom. The molecule has 24 heavy (non-hydrogen) atoms. The number of rotatable bonds is 5. The third kappa shape index (κ3) is 3.60. The van der Waals surface area contributed by atoms with Crippen molar-refractivity contribution < 1.29 is 17.5 Å². The zero-order chi connectivity index (χ0) is 18.1. The minimum Gasteiger partial charge on any atom is -0.496 e. The van der Waals surface area contributed by atoms with E-state index in [-0.39, 0.29) is 17.3 Å². The molecule has 0 amide bonds. The van der Waals surface area contributed by atoms with Gasteiger partial charge in [0.15, 0.2) is 0 Å². The summed E-state index contributed by atoms with van der Waals surface area (Å²) in [6, 6.07) is 6.40. The van der Waals surface area contributed by atoms with Gasteiger partial charge in [0.05, 0.1) is 12.0 Å². The molecule has 2 aromatic carbocycles. The molecule has 0 saturated heterocycles. The number of ether oxygens (including phenoxy) is 1. The average Bonchev–Trinajstić information content (AvgIpc) is 2.52. The minimum atomic E-state index is -3.72. The normalized spacial score (nSPS) is 11.6. The first-order valence-electron chi connectivity index (χ1n) is 7.57. The highest BCUT2D eigenvalue weighted by atomic mass is 32.2. The van der Waals surface area contributed by atoms with Crippen LogP contribution in [0.25, 0.3) is 0 Å². The number of hydrogen-bond donors (Lipinski definition) is 1. The SMILES string of the molecule is COc1cc(C)c(S(=O)(=O)NCc2ccc(C)c(F)c2)c(C)c1C. The Bertz CT molecular complexity index is 876. The summed E-state index contributed by atoms with van der Waals surface area (Å²) in [5.41, 5.74) is 3.14. The fourth-order valence-corrected chi connectivity index (χ4v) is 4.18. The number of halogens is 1. The number of hydrogen-bond acceptors (Lipinski definition) is 3. The van der Waals surface area contributed by atoms with Crippen molar-refractivity contribution in [2.45, 2.75) is 39.1 Å². The molecule has 0 spiro atoms. The number of benzene rings is 2. The van der Waals surface area contributed by atoms with Gasteiger partial charge in [-0.2, -0.15) is 0 Å². The molecule has 4 nitrogen and oxygen atoms in total. The van der Waals surface area contributed by atoms with E-state index in [2.05, 4.69) is 4.72 Å². The van der Waals surface area contributed by atoms with Crippen LogP contribution >= 0.6 is 0 Å². The largest absolute Gasteiger partial charge is 0.496 e. The Kier molecular flexibility index (Phi) is 5.30. The van der Waals surface area contributed by atoms with Crippen LogP contribution in [0.3, 0.4) is 0 Å². The first kappa shape index (κ1) is 18.4. The fraction of sp³-hybridized carbons (Fsp3) is 0.333. The van der Waals surface area contributed by atoms with E-state index < -0.39 is 10.0 Å². The fourth-order valence-electron chi connectivity index (χ4n) is 2.64. The summed E-state index contributed by atoms with van der Waals surface area (Å²) in [7, 11) is -2.16. The zero-order valence-electron chi connectivity index (χ0n) is 14.5. The molecular formula is C18H22FNO3S. The molecule has 0 aromatic heterocycles. The van der Waals surface area contributed by atoms with Gasteiger partial charge in [-0.15, -0.1) is 0 Å². The first-order chi connectivity index (χ1) is 11.2. The van der Waals surface area contributed by atoms with Crippen molar-refractivity contribution in [1.29, 1.82) is 0 Å². The Hall–Kier alpha value is -1.92. The van der Waals surface area contributed by atoms with Crippen molar-refractivity contribution in [3.63, 3.8) is 0 Å². The third-order valence-electron chi connectivity index (χ3n) is 4.17. The average molecular weight is 351 g/mol. The second kappa shape index (κ2) is 6.91. The van der Waals surface area contributed by atoms with Gasteiger partial charge >= 0.3 is 0 Å². The van der Waals surface area contributed by atoms with E-state index >= 15 is 0 Å². The second-order valence-corrected chi connectivity index (χ2v) is 7.59. The Morgan fingerprint density at radius 1 is 1.04 bits per heavy atom. The molecule has 0 saturated carbocycles. The van der Waals surface area contributed by atoms with Gasteiger partial charge in [-0.05, 0) is 67.6 Å². The molecule has 0 unspecified atom stereocenters. The number of aryl methyl sites for hydroxylation is 2. The molecule has 2 rings (SSSR count). The summed E-state index contributed by atoms with van der Waals surface area (Å²) in [6.45, 7) is 7.00. The van der Waals surface area contributed by atoms with Crippen molar-refractivity contribution in [2.24, 2.45) is 0 Å². The molecular weight excluding hydrogens is 329 g/mol. The molecule has 0 fully saturated rings. The van der Waals surface area contributed by atoms with Gasteiger partial charge < -0.3 is 4.74 Å². The van der Waals surface area contributed by atoms with Gasteiger partial charge in [0.2, 0.25) is 10.0 Å². The maximum atomic E-state index is 13.6. The Labute approximate surface area is 142 Å². The van der Waals surface area contributed by atoms with Crippen molar-refractivity contribution in [3.8, 4) is 5.75 Å². The lowest BCUT2D eigenvalue weighted by Gasteiger charge is -2.16. The van der Waals surface area contributed by atoms with Gasteiger partial charge in [-0.3, -0.25) is 0 Å². The number of sulfonamides is 1. The van der Waals surface area contributed by atoms with E-state index in [1.165, 1.54) is 6.07 Å². The maximum absolute atomic E-state index is 13.6. The topological polar surface area (TPSA) is 55.4 Å². The van der Waals surface area contributed by atoms with Crippen LogP contribution in [0.2, 0.25) is 0 Å². The minimum absolute atomic E-state index is 0.0312. The highest BCUT2D eigenvalue weighted by molar-refractivity contribution is 7.89. The smallest absolute Gasteiger partial charge is 0.241 e. The lowest BCUT2D eigenvalue weighted by Crippen LogP contribution is -2.25. The van der Waals surface area contributed by atoms with Crippen LogP contribution in [0.5, 0.6) is 5.75 Å². The number of methoxy groups -OCH3 is 1. The van der Waals surface area contributed by atoms with Crippen LogP contribution in [0.15, 0.2) is 29.2 Å². The van der Waals surface area contributed by atoms with E-state index in [0.29, 0.717) is 28.0 Å². The molecule has 1 N–H and O–H groups in total. The van der Waals surface area contributed by atoms with Crippen LogP contribution in [-0.4, -0.2) is 15.5 Å². The van der Waals surface area contributed by atoms with Crippen molar-refractivity contribution in [1.82, 2.24) is 4.72 Å². The molecule has 6 heteroatoms. The second-order valence-electron chi connectivity index (χ2n) is 5.88. The van der Waals surface area contributed by atoms with Gasteiger partial charge in [-0.25, -0.2) is 17.5 Å². The van der Waals surface area contributed by atoms with E-state index in [0.717, 1.165) is 5.56 Å². The van der Waals surface area contributed by atoms with Gasteiger partial charge in [0.25, 0.3) is 0 Å². The lowest BCUT2D eigenvalue weighted by molar-refractivity contribution is 0.410. The molecule has 0 aliphatic rings. The van der Waals surface area contributed by atoms with Crippen LogP contribution in [0.1, 0.15) is 27.8 Å². The molecule has 0 heterocycles. The van der Waals surface area contributed by atoms with E-state index in [1.54, 1.807) is 46.1 Å². The summed E-state index contributed by atoms with van der Waals surface area (Å²) in [4.78, 5) is 0.244. The molecule has 0 atom stereocenters. The highest BCUT2D eigenvalue weighted by Crippen LogP contribution is 2.30. The summed E-state index contributed by atoms with van der Waals surface area (Å²) < 4.78 is 46.8. The molecule has 0 aliphatic heterocycles. The zero-order valence-corrected chi connectivity index (χ0v) is 15.3. The summed E-state index contributed by atoms with van der Waals surface area (Å²) in [5, 5.41) is 0. The van der Waals surface area contributed by atoms with Gasteiger partial charge in [0.1, 0.15) is 11.6 Å². The van der Waals surface area contributed by atoms with Crippen LogP contribution in [0.4, 0.5) is 4.39 Å². The third-order valence-corrected chi connectivity index (χ3v) is 5.86. The predicted octanol–water partition coefficient (Wildman–Crippen LogP) is 3.55. The van der Waals surface area contributed by atoms with E-state index in [4.69, 9.17) is 4.74 Å². The van der Waals surface area contributed by atoms with E-state index in [1.807, 2.05) is 6.92 Å². The quantitative estimate of drug-likeness (QED) is 0.896. The van der Waals surface area contributed by atoms with Crippen LogP contribution in [0, 0.1) is 33.5 Å². The monoisotopic (exact) mass is 351 g/mol. The van der Waals surface area contributed by atoms with Gasteiger partial charge in [0, 0.05) is 6.54 Å². The summed E-state index contributed by atoms with van der Waals surface area (Å²) >= 11 is 0. The highest BCUT2D eigenvalue weighted by Gasteiger charge is 2.22. The summed E-state index contributed by atoms with van der Waals surface area (Å²) in [5.74, 6) is 0.309. The van der Waals surface area contributed by atoms with Crippen LogP contribution in [-0.2, 0) is 16.6 Å². The molecule has 0 radical (unpaired) electrons. The van der Waals surface area contributed by atoms with Gasteiger partial charge in [-0.1, -0.05) is 12.1 Å². The molecule has 0 bridgehead atoms. The predicted molar refractivity (Wildman–Crippen MR) is 92.4 cm³/mol. The maximum Gasteiger partial charge on any atom is 0.241 e. The number of nitrogens with one attached hydrogen (secondary N) is 1. The van der Waals surface area contributed by atoms with E-state index in [9.17, 15) is 12.8 Å².